The van der Waals surface area contributed by atoms with Gasteiger partial charge < -0.3 is 10.0 Å². The largest absolute Gasteiger partial charge is 0.411 e. The fourth-order valence-electron chi connectivity index (χ4n) is 0.793. The van der Waals surface area contributed by atoms with Gasteiger partial charge in [-0.1, -0.05) is 21.5 Å². The molecule has 5 heteroatoms. The fraction of sp³-hybridized carbons (Fsp3) is 0.533. The summed E-state index contributed by atoms with van der Waals surface area (Å²) < 4.78 is 0. The van der Waals surface area contributed by atoms with Gasteiger partial charge in [0.25, 0.3) is 0 Å². The summed E-state index contributed by atoms with van der Waals surface area (Å²) in [7, 11) is 0. The maximum atomic E-state index is 9.54. The zero-order valence-electron chi connectivity index (χ0n) is 13.3. The molecule has 1 aliphatic rings. The van der Waals surface area contributed by atoms with E-state index >= 15 is 0 Å². The Kier molecular flexibility index (Phi) is 12.4. The third kappa shape index (κ3) is 18.5. The van der Waals surface area contributed by atoms with E-state index in [-0.39, 0.29) is 5.60 Å². The Bertz CT molecular complexity index is 363. The van der Waals surface area contributed by atoms with Gasteiger partial charge in [0.1, 0.15) is 11.9 Å². The van der Waals surface area contributed by atoms with Crippen LogP contribution in [0, 0.1) is 0 Å². The van der Waals surface area contributed by atoms with E-state index in [0.29, 0.717) is 0 Å². The van der Waals surface area contributed by atoms with Crippen LogP contribution in [0.15, 0.2) is 33.6 Å². The van der Waals surface area contributed by atoms with Crippen molar-refractivity contribution in [3.05, 3.63) is 23.3 Å². The SMILES string of the molecule is CC(C)=CC=NO.CC(C)=CC=O.CC1(C)CC=NO1. The van der Waals surface area contributed by atoms with E-state index in [2.05, 4.69) is 10.3 Å². The van der Waals surface area contributed by atoms with Gasteiger partial charge >= 0.3 is 0 Å². The Balaban J connectivity index is 0. The summed E-state index contributed by atoms with van der Waals surface area (Å²) in [5.74, 6) is 0. The molecule has 0 saturated heterocycles. The number of oxime groups is 2. The molecule has 0 aromatic heterocycles. The van der Waals surface area contributed by atoms with Crippen LogP contribution in [-0.2, 0) is 9.63 Å². The molecule has 0 amide bonds. The second kappa shape index (κ2) is 12.1. The molecule has 20 heavy (non-hydrogen) atoms. The van der Waals surface area contributed by atoms with E-state index in [1.807, 2.05) is 41.5 Å². The minimum atomic E-state index is -0.0278. The topological polar surface area (TPSA) is 71.2 Å². The lowest BCUT2D eigenvalue weighted by Gasteiger charge is -2.12. The number of rotatable bonds is 2. The van der Waals surface area contributed by atoms with Crippen molar-refractivity contribution in [2.45, 2.75) is 53.6 Å². The Morgan fingerprint density at radius 3 is 1.90 bits per heavy atom. The highest BCUT2D eigenvalue weighted by atomic mass is 16.7. The quantitative estimate of drug-likeness (QED) is 0.276. The van der Waals surface area contributed by atoms with Crippen molar-refractivity contribution in [2.75, 3.05) is 0 Å². The normalized spacial score (nSPS) is 14.1. The van der Waals surface area contributed by atoms with E-state index in [1.54, 1.807) is 12.3 Å². The predicted molar refractivity (Wildman–Crippen MR) is 83.5 cm³/mol. The Labute approximate surface area is 121 Å². The molecule has 0 atom stereocenters. The zero-order chi connectivity index (χ0) is 16.0. The molecule has 0 bridgehead atoms. The molecule has 1 heterocycles. The lowest BCUT2D eigenvalue weighted by Crippen LogP contribution is -2.16. The van der Waals surface area contributed by atoms with Crippen LogP contribution in [0.2, 0.25) is 0 Å². The summed E-state index contributed by atoms with van der Waals surface area (Å²) in [6.45, 7) is 11.7. The van der Waals surface area contributed by atoms with Crippen LogP contribution in [0.4, 0.5) is 0 Å². The second-order valence-electron chi connectivity index (χ2n) is 5.23. The van der Waals surface area contributed by atoms with Crippen molar-refractivity contribution in [1.82, 2.24) is 0 Å². The highest BCUT2D eigenvalue weighted by molar-refractivity contribution is 5.71. The molecular formula is C15H26N2O3. The first-order chi connectivity index (χ1) is 9.25. The highest BCUT2D eigenvalue weighted by Crippen LogP contribution is 2.17. The predicted octanol–water partition coefficient (Wildman–Crippen LogP) is 3.74. The van der Waals surface area contributed by atoms with Gasteiger partial charge in [-0.3, -0.25) is 4.79 Å². The van der Waals surface area contributed by atoms with Crippen LogP contribution in [0.25, 0.3) is 0 Å². The highest BCUT2D eigenvalue weighted by Gasteiger charge is 2.21. The van der Waals surface area contributed by atoms with Gasteiger partial charge in [-0.05, 0) is 53.7 Å². The summed E-state index contributed by atoms with van der Waals surface area (Å²) >= 11 is 0. The smallest absolute Gasteiger partial charge is 0.142 e. The van der Waals surface area contributed by atoms with Crippen LogP contribution >= 0.6 is 0 Å². The van der Waals surface area contributed by atoms with E-state index < -0.39 is 0 Å². The van der Waals surface area contributed by atoms with Crippen molar-refractivity contribution in [1.29, 1.82) is 0 Å². The van der Waals surface area contributed by atoms with E-state index in [9.17, 15) is 4.79 Å². The van der Waals surface area contributed by atoms with E-state index in [0.717, 1.165) is 23.9 Å². The molecule has 0 radical (unpaired) electrons. The summed E-state index contributed by atoms with van der Waals surface area (Å²) in [6, 6.07) is 0. The van der Waals surface area contributed by atoms with E-state index in [4.69, 9.17) is 10.0 Å². The van der Waals surface area contributed by atoms with Crippen LogP contribution in [0.3, 0.4) is 0 Å². The minimum Gasteiger partial charge on any atom is -0.411 e. The first kappa shape index (κ1) is 20.4. The van der Waals surface area contributed by atoms with Crippen LogP contribution in [0.1, 0.15) is 48.0 Å². The monoisotopic (exact) mass is 282 g/mol. The summed E-state index contributed by atoms with van der Waals surface area (Å²) in [5.41, 5.74) is 2.14. The second-order valence-corrected chi connectivity index (χ2v) is 5.23. The lowest BCUT2D eigenvalue weighted by molar-refractivity contribution is -0.104. The zero-order valence-corrected chi connectivity index (χ0v) is 13.3. The molecule has 1 rings (SSSR count). The Hall–Kier alpha value is -1.91. The average molecular weight is 282 g/mol. The first-order valence-electron chi connectivity index (χ1n) is 6.34. The Morgan fingerprint density at radius 1 is 1.25 bits per heavy atom. The maximum absolute atomic E-state index is 9.54. The number of allylic oxidation sites excluding steroid dienone is 4. The third-order valence-electron chi connectivity index (χ3n) is 1.83. The molecule has 1 N–H and O–H groups in total. The van der Waals surface area contributed by atoms with Gasteiger partial charge in [0.05, 0.1) is 6.21 Å². The Morgan fingerprint density at radius 2 is 1.80 bits per heavy atom. The standard InChI is InChI=1S/2C5H9NO.C5H8O/c1-5(2)3-4-6-7-5;1-5(2)3-4-6-7;1-5(2)3-4-6/h4H,3H2,1-2H3;3-4,7H,1-2H3;3-4H,1-2H3. The molecule has 0 unspecified atom stereocenters. The number of nitrogens with zero attached hydrogens (tertiary/aromatic N) is 2. The number of carbonyl (C=O) groups is 1. The van der Waals surface area contributed by atoms with Gasteiger partial charge in [-0.2, -0.15) is 0 Å². The molecule has 5 nitrogen and oxygen atoms in total. The summed E-state index contributed by atoms with van der Waals surface area (Å²) in [4.78, 5) is 14.4. The molecule has 0 aliphatic carbocycles. The molecule has 0 aromatic rings. The molecule has 0 fully saturated rings. The number of hydrogen-bond acceptors (Lipinski definition) is 5. The molecule has 114 valence electrons. The van der Waals surface area contributed by atoms with Gasteiger partial charge in [-0.15, -0.1) is 0 Å². The van der Waals surface area contributed by atoms with Crippen LogP contribution < -0.4 is 0 Å². The van der Waals surface area contributed by atoms with E-state index in [1.165, 1.54) is 12.3 Å². The number of carbonyl (C=O) groups excluding carboxylic acids is 1. The first-order valence-corrected chi connectivity index (χ1v) is 6.34. The van der Waals surface area contributed by atoms with Crippen molar-refractivity contribution < 1.29 is 14.8 Å². The number of hydrogen-bond donors (Lipinski definition) is 1. The maximum Gasteiger partial charge on any atom is 0.142 e. The van der Waals surface area contributed by atoms with Crippen molar-refractivity contribution in [3.63, 3.8) is 0 Å². The lowest BCUT2D eigenvalue weighted by atomic mass is 10.1. The molecule has 0 aromatic carbocycles. The van der Waals surface area contributed by atoms with Crippen LogP contribution in [-0.4, -0.2) is 29.5 Å². The molecular weight excluding hydrogens is 256 g/mol. The molecule has 1 aliphatic heterocycles. The average Bonchev–Trinajstić information content (AvgIpc) is 2.72. The fourth-order valence-corrected chi connectivity index (χ4v) is 0.793. The minimum absolute atomic E-state index is 0.0278. The summed E-state index contributed by atoms with van der Waals surface area (Å²) in [5, 5.41) is 14.2. The van der Waals surface area contributed by atoms with Crippen molar-refractivity contribution in [3.8, 4) is 0 Å². The van der Waals surface area contributed by atoms with Gasteiger partial charge in [0, 0.05) is 12.6 Å². The van der Waals surface area contributed by atoms with Gasteiger partial charge in [0.15, 0.2) is 0 Å². The van der Waals surface area contributed by atoms with Crippen molar-refractivity contribution >= 4 is 18.7 Å². The number of aldehydes is 1. The molecule has 0 spiro atoms. The van der Waals surface area contributed by atoms with Gasteiger partial charge in [-0.25, -0.2) is 0 Å². The van der Waals surface area contributed by atoms with Crippen molar-refractivity contribution in [2.24, 2.45) is 10.3 Å². The molecule has 0 saturated carbocycles. The van der Waals surface area contributed by atoms with Gasteiger partial charge in [0.2, 0.25) is 0 Å². The summed E-state index contributed by atoms with van der Waals surface area (Å²) in [6.07, 6.45) is 8.11. The third-order valence-corrected chi connectivity index (χ3v) is 1.83. The van der Waals surface area contributed by atoms with Crippen LogP contribution in [0.5, 0.6) is 0 Å².